The fraction of sp³-hybridized carbons (Fsp3) is 0.769. The number of rotatable bonds is 5. The van der Waals surface area contributed by atoms with Gasteiger partial charge in [-0.25, -0.2) is 0 Å². The van der Waals surface area contributed by atoms with Crippen LogP contribution < -0.4 is 0 Å². The number of aliphatic hydroxyl groups is 1. The Morgan fingerprint density at radius 1 is 1.00 bits per heavy atom. The van der Waals surface area contributed by atoms with Gasteiger partial charge in [0.15, 0.2) is 18.5 Å². The molecule has 22 heavy (non-hydrogen) atoms. The van der Waals surface area contributed by atoms with Gasteiger partial charge in [-0.3, -0.25) is 14.4 Å². The molecule has 0 aliphatic carbocycles. The molecule has 0 saturated carbocycles. The van der Waals surface area contributed by atoms with Gasteiger partial charge in [-0.1, -0.05) is 0 Å². The average molecular weight is 320 g/mol. The van der Waals surface area contributed by atoms with Crippen molar-refractivity contribution in [3.05, 3.63) is 0 Å². The molecule has 1 aliphatic heterocycles. The van der Waals surface area contributed by atoms with Gasteiger partial charge < -0.3 is 28.8 Å². The molecule has 5 atom stereocenters. The standard InChI is InChI=1S/C13H20O9/c1-6(14)19-5-9-10(17)11(20-7(2)15)12(21-8(3)16)13(18-4)22-9/h9-13,17H,5H2,1-4H3/t9-,10-,11+,12-,13-/m1/s1. The minimum absolute atomic E-state index is 0.263. The van der Waals surface area contributed by atoms with E-state index in [1.165, 1.54) is 14.0 Å². The van der Waals surface area contributed by atoms with Gasteiger partial charge >= 0.3 is 17.9 Å². The second-order valence-corrected chi connectivity index (χ2v) is 4.72. The third-order valence-corrected chi connectivity index (χ3v) is 2.91. The number of carbonyl (C=O) groups excluding carboxylic acids is 3. The number of ether oxygens (including phenoxy) is 5. The van der Waals surface area contributed by atoms with Crippen molar-refractivity contribution >= 4 is 17.9 Å². The Balaban J connectivity index is 2.95. The van der Waals surface area contributed by atoms with Crippen molar-refractivity contribution in [1.29, 1.82) is 0 Å². The van der Waals surface area contributed by atoms with Gasteiger partial charge in [-0.15, -0.1) is 0 Å². The molecule has 0 aromatic heterocycles. The molecule has 9 heteroatoms. The van der Waals surface area contributed by atoms with E-state index in [1.54, 1.807) is 0 Å². The van der Waals surface area contributed by atoms with Crippen molar-refractivity contribution < 1.29 is 43.2 Å². The topological polar surface area (TPSA) is 118 Å². The van der Waals surface area contributed by atoms with Crippen LogP contribution in [0.4, 0.5) is 0 Å². The normalized spacial score (nSPS) is 31.2. The molecule has 0 amide bonds. The van der Waals surface area contributed by atoms with Crippen molar-refractivity contribution in [1.82, 2.24) is 0 Å². The zero-order chi connectivity index (χ0) is 16.9. The van der Waals surface area contributed by atoms with Crippen LogP contribution in [0.2, 0.25) is 0 Å². The summed E-state index contributed by atoms with van der Waals surface area (Å²) >= 11 is 0. The van der Waals surface area contributed by atoms with Crippen LogP contribution >= 0.6 is 0 Å². The third-order valence-electron chi connectivity index (χ3n) is 2.91. The molecule has 0 radical (unpaired) electrons. The van der Waals surface area contributed by atoms with E-state index in [2.05, 4.69) is 0 Å². The minimum atomic E-state index is -1.36. The number of esters is 3. The van der Waals surface area contributed by atoms with Gasteiger partial charge in [0.2, 0.25) is 0 Å². The molecule has 9 nitrogen and oxygen atoms in total. The summed E-state index contributed by atoms with van der Waals surface area (Å²) in [7, 11) is 1.30. The van der Waals surface area contributed by atoms with Crippen molar-refractivity contribution in [3.8, 4) is 0 Å². The molecule has 1 saturated heterocycles. The Kier molecular flexibility index (Phi) is 6.72. The lowest BCUT2D eigenvalue weighted by atomic mass is 9.98. The molecule has 1 aliphatic rings. The monoisotopic (exact) mass is 320 g/mol. The van der Waals surface area contributed by atoms with E-state index in [0.717, 1.165) is 13.8 Å². The molecule has 0 aromatic carbocycles. The van der Waals surface area contributed by atoms with Gasteiger partial charge in [0.25, 0.3) is 0 Å². The number of hydrogen-bond donors (Lipinski definition) is 1. The second kappa shape index (κ2) is 8.06. The highest BCUT2D eigenvalue weighted by molar-refractivity contribution is 5.67. The highest BCUT2D eigenvalue weighted by Gasteiger charge is 2.49. The van der Waals surface area contributed by atoms with Gasteiger partial charge in [0.05, 0.1) is 0 Å². The number of methoxy groups -OCH3 is 1. The molecule has 0 spiro atoms. The van der Waals surface area contributed by atoms with Crippen LogP contribution in [0, 0.1) is 0 Å². The SMILES string of the molecule is CO[C@@H]1O[C@H](COC(C)=O)[C@@H](O)[C@H](OC(C)=O)[C@H]1OC(C)=O. The summed E-state index contributed by atoms with van der Waals surface area (Å²) in [5, 5.41) is 10.2. The van der Waals surface area contributed by atoms with Crippen LogP contribution in [0.25, 0.3) is 0 Å². The van der Waals surface area contributed by atoms with E-state index in [4.69, 9.17) is 23.7 Å². The first-order chi connectivity index (χ1) is 10.3. The maximum atomic E-state index is 11.2. The minimum Gasteiger partial charge on any atom is -0.463 e. The molecular weight excluding hydrogens is 300 g/mol. The molecule has 0 unspecified atom stereocenters. The molecule has 1 heterocycles. The smallest absolute Gasteiger partial charge is 0.303 e. The summed E-state index contributed by atoms with van der Waals surface area (Å²) in [4.78, 5) is 33.3. The second-order valence-electron chi connectivity index (χ2n) is 4.72. The van der Waals surface area contributed by atoms with Gasteiger partial charge in [-0.05, 0) is 0 Å². The molecule has 1 N–H and O–H groups in total. The van der Waals surface area contributed by atoms with E-state index in [-0.39, 0.29) is 6.61 Å². The Morgan fingerprint density at radius 3 is 2.00 bits per heavy atom. The first-order valence-electron chi connectivity index (χ1n) is 6.60. The lowest BCUT2D eigenvalue weighted by Gasteiger charge is -2.42. The summed E-state index contributed by atoms with van der Waals surface area (Å²) < 4.78 is 25.3. The van der Waals surface area contributed by atoms with Gasteiger partial charge in [0, 0.05) is 27.9 Å². The van der Waals surface area contributed by atoms with Gasteiger partial charge in [0.1, 0.15) is 18.8 Å². The fourth-order valence-corrected chi connectivity index (χ4v) is 2.06. The third kappa shape index (κ3) is 4.93. The van der Waals surface area contributed by atoms with Crippen LogP contribution in [0.3, 0.4) is 0 Å². The van der Waals surface area contributed by atoms with E-state index < -0.39 is 48.6 Å². The van der Waals surface area contributed by atoms with E-state index in [1.807, 2.05) is 0 Å². The zero-order valence-electron chi connectivity index (χ0n) is 12.8. The molecule has 1 rings (SSSR count). The summed E-state index contributed by atoms with van der Waals surface area (Å²) in [5.41, 5.74) is 0. The zero-order valence-corrected chi connectivity index (χ0v) is 12.8. The lowest BCUT2D eigenvalue weighted by Crippen LogP contribution is -2.61. The highest BCUT2D eigenvalue weighted by Crippen LogP contribution is 2.27. The fourth-order valence-electron chi connectivity index (χ4n) is 2.06. The van der Waals surface area contributed by atoms with Crippen molar-refractivity contribution in [2.24, 2.45) is 0 Å². The van der Waals surface area contributed by atoms with Crippen molar-refractivity contribution in [3.63, 3.8) is 0 Å². The quantitative estimate of drug-likeness (QED) is 0.510. The van der Waals surface area contributed by atoms with E-state index in [9.17, 15) is 19.5 Å². The summed E-state index contributed by atoms with van der Waals surface area (Å²) in [6.45, 7) is 3.25. The van der Waals surface area contributed by atoms with Gasteiger partial charge in [-0.2, -0.15) is 0 Å². The molecule has 126 valence electrons. The first-order valence-corrected chi connectivity index (χ1v) is 6.60. The maximum absolute atomic E-state index is 11.2. The highest BCUT2D eigenvalue weighted by atomic mass is 16.7. The van der Waals surface area contributed by atoms with Crippen molar-refractivity contribution in [2.45, 2.75) is 51.5 Å². The van der Waals surface area contributed by atoms with Crippen LogP contribution in [0.1, 0.15) is 20.8 Å². The molecule has 0 aromatic rings. The Bertz CT molecular complexity index is 422. The number of carbonyl (C=O) groups is 3. The Hall–Kier alpha value is -1.71. The number of hydrogen-bond acceptors (Lipinski definition) is 9. The first kappa shape index (κ1) is 18.3. The predicted octanol–water partition coefficient (Wildman–Crippen LogP) is -0.855. The van der Waals surface area contributed by atoms with E-state index >= 15 is 0 Å². The van der Waals surface area contributed by atoms with Crippen LogP contribution in [-0.2, 0) is 38.1 Å². The summed E-state index contributed by atoms with van der Waals surface area (Å²) in [6, 6.07) is 0. The largest absolute Gasteiger partial charge is 0.463 e. The lowest BCUT2D eigenvalue weighted by molar-refractivity contribution is -0.300. The molecule has 1 fully saturated rings. The number of aliphatic hydroxyl groups excluding tert-OH is 1. The van der Waals surface area contributed by atoms with Crippen LogP contribution in [0.5, 0.6) is 0 Å². The Labute approximate surface area is 127 Å². The van der Waals surface area contributed by atoms with E-state index in [0.29, 0.717) is 0 Å². The molecule has 0 bridgehead atoms. The summed E-state index contributed by atoms with van der Waals surface area (Å²) in [5.74, 6) is -1.89. The average Bonchev–Trinajstić information content (AvgIpc) is 2.41. The summed E-state index contributed by atoms with van der Waals surface area (Å²) in [6.07, 6.45) is -5.79. The van der Waals surface area contributed by atoms with Crippen LogP contribution in [0.15, 0.2) is 0 Å². The predicted molar refractivity (Wildman–Crippen MR) is 69.4 cm³/mol. The Morgan fingerprint density at radius 2 is 1.55 bits per heavy atom. The van der Waals surface area contributed by atoms with Crippen LogP contribution in [-0.4, -0.2) is 67.4 Å². The van der Waals surface area contributed by atoms with Crippen molar-refractivity contribution in [2.75, 3.05) is 13.7 Å². The maximum Gasteiger partial charge on any atom is 0.303 e. The molecular formula is C13H20O9.